The summed E-state index contributed by atoms with van der Waals surface area (Å²) < 4.78 is 0. The Morgan fingerprint density at radius 1 is 1.54 bits per heavy atom. The lowest BCUT2D eigenvalue weighted by Crippen LogP contribution is -3.12. The maximum absolute atomic E-state index is 11.3. The molecule has 0 spiro atoms. The van der Waals surface area contributed by atoms with Gasteiger partial charge in [-0.1, -0.05) is 26.7 Å². The molecule has 0 aromatic carbocycles. The number of hydrogen-bond acceptors (Lipinski definition) is 2. The molecule has 0 saturated heterocycles. The van der Waals surface area contributed by atoms with Crippen molar-refractivity contribution < 1.29 is 10.1 Å². The van der Waals surface area contributed by atoms with E-state index in [1.807, 2.05) is 0 Å². The summed E-state index contributed by atoms with van der Waals surface area (Å²) in [7, 11) is 1.49. The molecule has 1 N–H and O–H groups in total. The lowest BCUT2D eigenvalue weighted by atomic mass is 9.68. The van der Waals surface area contributed by atoms with Crippen LogP contribution in [0.4, 0.5) is 0 Å². The molecule has 1 rings (SSSR count). The van der Waals surface area contributed by atoms with Crippen molar-refractivity contribution in [1.29, 1.82) is 0 Å². The first-order valence-corrected chi connectivity index (χ1v) is 5.28. The molecule has 0 aliphatic heterocycles. The van der Waals surface area contributed by atoms with Crippen LogP contribution >= 0.6 is 0 Å². The highest BCUT2D eigenvalue weighted by atomic mass is 16.9. The molecule has 78 valence electrons. The van der Waals surface area contributed by atoms with Crippen LogP contribution in [0.1, 0.15) is 39.5 Å². The van der Waals surface area contributed by atoms with Crippen LogP contribution in [-0.4, -0.2) is 13.2 Å². The minimum atomic E-state index is -0.000738. The second-order valence-corrected chi connectivity index (χ2v) is 4.15. The first kappa shape index (κ1) is 11.0. The maximum atomic E-state index is 11.3. The van der Waals surface area contributed by atoms with Crippen LogP contribution in [-0.2, 0) is 4.84 Å². The van der Waals surface area contributed by atoms with E-state index in [9.17, 15) is 5.21 Å². The van der Waals surface area contributed by atoms with Crippen LogP contribution in [0.15, 0.2) is 0 Å². The standard InChI is InChI=1S/C10H21NO2/c1-4-5-6-9-8(2)7-10(9)11(12)13-3/h8-11H,4-7H2,1-3H3/t8-,9?,10-/m1/s1. The van der Waals surface area contributed by atoms with E-state index in [1.54, 1.807) is 0 Å². The van der Waals surface area contributed by atoms with E-state index < -0.39 is 0 Å². The van der Waals surface area contributed by atoms with Gasteiger partial charge >= 0.3 is 0 Å². The van der Waals surface area contributed by atoms with Gasteiger partial charge in [-0.15, -0.1) is 0 Å². The van der Waals surface area contributed by atoms with Crippen molar-refractivity contribution in [2.45, 2.75) is 45.6 Å². The van der Waals surface area contributed by atoms with Gasteiger partial charge in [0.1, 0.15) is 6.04 Å². The summed E-state index contributed by atoms with van der Waals surface area (Å²) in [4.78, 5) is 4.77. The Labute approximate surface area is 80.6 Å². The molecule has 2 unspecified atom stereocenters. The largest absolute Gasteiger partial charge is 0.600 e. The molecule has 1 fully saturated rings. The number of rotatable bonds is 5. The normalized spacial score (nSPS) is 35.5. The highest BCUT2D eigenvalue weighted by molar-refractivity contribution is 4.86. The van der Waals surface area contributed by atoms with E-state index in [-0.39, 0.29) is 11.3 Å². The minimum Gasteiger partial charge on any atom is -0.600 e. The molecule has 0 aromatic rings. The molecular weight excluding hydrogens is 166 g/mol. The summed E-state index contributed by atoms with van der Waals surface area (Å²) >= 11 is 0. The second kappa shape index (κ2) is 4.94. The molecule has 0 bridgehead atoms. The van der Waals surface area contributed by atoms with Crippen molar-refractivity contribution in [3.8, 4) is 0 Å². The lowest BCUT2D eigenvalue weighted by molar-refractivity contribution is -1.08. The van der Waals surface area contributed by atoms with Gasteiger partial charge in [0.15, 0.2) is 0 Å². The van der Waals surface area contributed by atoms with Crippen LogP contribution in [0.25, 0.3) is 0 Å². The van der Waals surface area contributed by atoms with Crippen LogP contribution in [0.5, 0.6) is 0 Å². The van der Waals surface area contributed by atoms with Crippen LogP contribution in [0, 0.1) is 17.0 Å². The molecule has 13 heavy (non-hydrogen) atoms. The summed E-state index contributed by atoms with van der Waals surface area (Å²) in [5.41, 5.74) is 0. The zero-order valence-corrected chi connectivity index (χ0v) is 8.88. The molecule has 3 heteroatoms. The zero-order valence-electron chi connectivity index (χ0n) is 8.88. The average Bonchev–Trinajstić information content (AvgIpc) is 2.13. The molecule has 0 radical (unpaired) electrons. The number of quaternary nitrogens is 1. The highest BCUT2D eigenvalue weighted by Crippen LogP contribution is 2.36. The number of unbranched alkanes of at least 4 members (excludes halogenated alkanes) is 1. The first-order chi connectivity index (χ1) is 6.20. The predicted octanol–water partition coefficient (Wildman–Crippen LogP) is 1.15. The van der Waals surface area contributed by atoms with Crippen molar-refractivity contribution >= 4 is 0 Å². The van der Waals surface area contributed by atoms with Gasteiger partial charge in [0.2, 0.25) is 0 Å². The summed E-state index contributed by atoms with van der Waals surface area (Å²) in [5.74, 6) is 1.31. The third-order valence-corrected chi connectivity index (χ3v) is 3.27. The number of hydrogen-bond donors (Lipinski definition) is 1. The number of hydroxylamine groups is 2. The molecule has 0 heterocycles. The topological polar surface area (TPSA) is 36.7 Å². The van der Waals surface area contributed by atoms with Gasteiger partial charge in [0.05, 0.1) is 7.11 Å². The molecule has 1 aliphatic rings. The van der Waals surface area contributed by atoms with E-state index in [0.717, 1.165) is 12.3 Å². The van der Waals surface area contributed by atoms with Gasteiger partial charge in [-0.25, -0.2) is 10.1 Å². The molecule has 0 aromatic heterocycles. The van der Waals surface area contributed by atoms with Crippen molar-refractivity contribution in [2.75, 3.05) is 7.11 Å². The van der Waals surface area contributed by atoms with Crippen molar-refractivity contribution in [2.24, 2.45) is 11.8 Å². The van der Waals surface area contributed by atoms with Crippen molar-refractivity contribution in [1.82, 2.24) is 0 Å². The zero-order chi connectivity index (χ0) is 9.84. The predicted molar refractivity (Wildman–Crippen MR) is 51.9 cm³/mol. The Kier molecular flexibility index (Phi) is 4.16. The summed E-state index contributed by atoms with van der Waals surface area (Å²) in [6.45, 7) is 4.43. The monoisotopic (exact) mass is 187 g/mol. The van der Waals surface area contributed by atoms with E-state index in [2.05, 4.69) is 13.8 Å². The fraction of sp³-hybridized carbons (Fsp3) is 1.00. The van der Waals surface area contributed by atoms with Crippen LogP contribution < -0.4 is 5.23 Å². The van der Waals surface area contributed by atoms with E-state index in [1.165, 1.54) is 26.4 Å². The van der Waals surface area contributed by atoms with Gasteiger partial charge in [-0.05, 0) is 12.3 Å². The summed E-state index contributed by atoms with van der Waals surface area (Å²) in [5, 5.41) is 11.3. The Hall–Kier alpha value is -0.120. The highest BCUT2D eigenvalue weighted by Gasteiger charge is 2.42. The molecule has 3 nitrogen and oxygen atoms in total. The molecule has 1 saturated carbocycles. The van der Waals surface area contributed by atoms with Gasteiger partial charge in [0, 0.05) is 12.3 Å². The molecule has 1 aliphatic carbocycles. The Morgan fingerprint density at radius 3 is 2.69 bits per heavy atom. The van der Waals surface area contributed by atoms with E-state index >= 15 is 0 Å². The van der Waals surface area contributed by atoms with Gasteiger partial charge in [-0.2, -0.15) is 0 Å². The second-order valence-electron chi connectivity index (χ2n) is 4.15. The Bertz CT molecular complexity index is 152. The average molecular weight is 187 g/mol. The minimum absolute atomic E-state index is 0.000738. The van der Waals surface area contributed by atoms with E-state index in [0.29, 0.717) is 5.92 Å². The smallest absolute Gasteiger partial charge is 0.120 e. The summed E-state index contributed by atoms with van der Waals surface area (Å²) in [6, 6.07) is 0.201. The number of nitrogens with one attached hydrogen (secondary N) is 1. The van der Waals surface area contributed by atoms with Crippen molar-refractivity contribution in [3.05, 3.63) is 5.21 Å². The van der Waals surface area contributed by atoms with Gasteiger partial charge in [-0.3, -0.25) is 0 Å². The molecular formula is C10H21NO2. The van der Waals surface area contributed by atoms with Gasteiger partial charge in [0.25, 0.3) is 0 Å². The lowest BCUT2D eigenvalue weighted by Gasteiger charge is -2.45. The quantitative estimate of drug-likeness (QED) is 0.655. The molecule has 4 atom stereocenters. The third-order valence-electron chi connectivity index (χ3n) is 3.27. The Balaban J connectivity index is 2.32. The molecule has 0 amide bonds. The fourth-order valence-electron chi connectivity index (χ4n) is 2.30. The third kappa shape index (κ3) is 2.42. The van der Waals surface area contributed by atoms with E-state index in [4.69, 9.17) is 4.84 Å². The van der Waals surface area contributed by atoms with Gasteiger partial charge < -0.3 is 5.21 Å². The summed E-state index contributed by atoms with van der Waals surface area (Å²) in [6.07, 6.45) is 4.68. The fourth-order valence-corrected chi connectivity index (χ4v) is 2.30. The maximum Gasteiger partial charge on any atom is 0.120 e. The SMILES string of the molecule is CCCCC1[C@H](C)C[C@H]1[NH+]([O-])OC. The van der Waals surface area contributed by atoms with Crippen molar-refractivity contribution in [3.63, 3.8) is 0 Å². The van der Waals surface area contributed by atoms with Crippen LogP contribution in [0.3, 0.4) is 0 Å². The van der Waals surface area contributed by atoms with Crippen LogP contribution in [0.2, 0.25) is 0 Å². The Morgan fingerprint density at radius 2 is 2.23 bits per heavy atom. The first-order valence-electron chi connectivity index (χ1n) is 5.28.